The maximum Gasteiger partial charge on any atom is 0.245 e. The van der Waals surface area contributed by atoms with Gasteiger partial charge in [-0.25, -0.2) is 0 Å². The summed E-state index contributed by atoms with van der Waals surface area (Å²) >= 11 is 5.90. The average molecular weight is 315 g/mol. The maximum absolute atomic E-state index is 12.2. The fraction of sp³-hybridized carbons (Fsp3) is 0.667. The zero-order chi connectivity index (χ0) is 15.2. The van der Waals surface area contributed by atoms with Gasteiger partial charge in [-0.3, -0.25) is 4.79 Å². The molecule has 0 aliphatic carbocycles. The molecule has 21 heavy (non-hydrogen) atoms. The van der Waals surface area contributed by atoms with E-state index in [0.29, 0.717) is 38.2 Å². The standard InChI is InChI=1S/C12H19ClN6O2/c1-3-4-15-9(20)8-7-21-6-5-19(8)12-17-10(13)16-11(14-2)18-12/h8H,3-7H2,1-2H3,(H,15,20)(H,14,16,17,18). The lowest BCUT2D eigenvalue weighted by Crippen LogP contribution is -2.54. The van der Waals surface area contributed by atoms with Gasteiger partial charge < -0.3 is 20.3 Å². The van der Waals surface area contributed by atoms with Crippen molar-refractivity contribution in [2.24, 2.45) is 0 Å². The number of ether oxygens (including phenoxy) is 1. The van der Waals surface area contributed by atoms with E-state index in [1.807, 2.05) is 6.92 Å². The van der Waals surface area contributed by atoms with Crippen LogP contribution in [0.25, 0.3) is 0 Å². The molecule has 2 N–H and O–H groups in total. The van der Waals surface area contributed by atoms with Crippen LogP contribution in [0.1, 0.15) is 13.3 Å². The Labute approximate surface area is 128 Å². The fourth-order valence-corrected chi connectivity index (χ4v) is 2.16. The van der Waals surface area contributed by atoms with Crippen molar-refractivity contribution >= 4 is 29.4 Å². The molecule has 1 saturated heterocycles. The molecule has 9 heteroatoms. The van der Waals surface area contributed by atoms with Gasteiger partial charge in [-0.15, -0.1) is 0 Å². The van der Waals surface area contributed by atoms with Crippen LogP contribution in [0.5, 0.6) is 0 Å². The molecule has 8 nitrogen and oxygen atoms in total. The van der Waals surface area contributed by atoms with Crippen molar-refractivity contribution in [2.75, 3.05) is 43.6 Å². The first-order valence-electron chi connectivity index (χ1n) is 6.87. The Balaban J connectivity index is 2.21. The molecule has 0 spiro atoms. The lowest BCUT2D eigenvalue weighted by Gasteiger charge is -2.34. The molecule has 0 radical (unpaired) electrons. The molecule has 2 heterocycles. The molecule has 116 valence electrons. The Bertz CT molecular complexity index is 501. The molecule has 1 aliphatic heterocycles. The maximum atomic E-state index is 12.2. The SMILES string of the molecule is CCCNC(=O)C1COCCN1c1nc(Cl)nc(NC)n1. The summed E-state index contributed by atoms with van der Waals surface area (Å²) in [5, 5.41) is 5.77. The van der Waals surface area contributed by atoms with Gasteiger partial charge in [-0.1, -0.05) is 6.92 Å². The van der Waals surface area contributed by atoms with Crippen molar-refractivity contribution in [1.29, 1.82) is 0 Å². The first kappa shape index (κ1) is 15.7. The largest absolute Gasteiger partial charge is 0.377 e. The molecule has 1 atom stereocenters. The second-order valence-corrected chi connectivity index (χ2v) is 4.89. The monoisotopic (exact) mass is 314 g/mol. The van der Waals surface area contributed by atoms with E-state index in [4.69, 9.17) is 16.3 Å². The van der Waals surface area contributed by atoms with Gasteiger partial charge in [0.25, 0.3) is 0 Å². The van der Waals surface area contributed by atoms with Gasteiger partial charge in [0.15, 0.2) is 0 Å². The van der Waals surface area contributed by atoms with E-state index in [1.165, 1.54) is 0 Å². The van der Waals surface area contributed by atoms with Crippen molar-refractivity contribution in [3.63, 3.8) is 0 Å². The first-order chi connectivity index (χ1) is 10.2. The minimum Gasteiger partial charge on any atom is -0.377 e. The molecule has 1 aromatic rings. The molecule has 1 aromatic heterocycles. The van der Waals surface area contributed by atoms with Crippen LogP contribution in [0.3, 0.4) is 0 Å². The molecule has 0 bridgehead atoms. The number of anilines is 2. The number of carbonyl (C=O) groups excluding carboxylic acids is 1. The Morgan fingerprint density at radius 1 is 1.48 bits per heavy atom. The lowest BCUT2D eigenvalue weighted by atomic mass is 10.2. The minimum absolute atomic E-state index is 0.0866. The number of hydrogen-bond donors (Lipinski definition) is 2. The first-order valence-corrected chi connectivity index (χ1v) is 7.25. The number of nitrogens with one attached hydrogen (secondary N) is 2. The van der Waals surface area contributed by atoms with E-state index >= 15 is 0 Å². The molecular formula is C12H19ClN6O2. The van der Waals surface area contributed by atoms with Gasteiger partial charge >= 0.3 is 0 Å². The van der Waals surface area contributed by atoms with Gasteiger partial charge in [-0.05, 0) is 18.0 Å². The van der Waals surface area contributed by atoms with Gasteiger partial charge in [-0.2, -0.15) is 15.0 Å². The van der Waals surface area contributed by atoms with E-state index in [9.17, 15) is 4.79 Å². The summed E-state index contributed by atoms with van der Waals surface area (Å²) < 4.78 is 5.40. The van der Waals surface area contributed by atoms with Crippen LogP contribution in [0.2, 0.25) is 5.28 Å². The number of aromatic nitrogens is 3. The van der Waals surface area contributed by atoms with Crippen molar-refractivity contribution in [3.8, 4) is 0 Å². The highest BCUT2D eigenvalue weighted by Crippen LogP contribution is 2.18. The zero-order valence-electron chi connectivity index (χ0n) is 12.1. The van der Waals surface area contributed by atoms with Crippen LogP contribution in [0.4, 0.5) is 11.9 Å². The second kappa shape index (κ2) is 7.37. The third-order valence-corrected chi connectivity index (χ3v) is 3.23. The van der Waals surface area contributed by atoms with Crippen molar-refractivity contribution in [1.82, 2.24) is 20.3 Å². The van der Waals surface area contributed by atoms with Crippen LogP contribution in [0, 0.1) is 0 Å². The Kier molecular flexibility index (Phi) is 5.51. The summed E-state index contributed by atoms with van der Waals surface area (Å²) in [5.74, 6) is 0.641. The van der Waals surface area contributed by atoms with Crippen LogP contribution < -0.4 is 15.5 Å². The summed E-state index contributed by atoms with van der Waals surface area (Å²) in [7, 11) is 1.69. The summed E-state index contributed by atoms with van der Waals surface area (Å²) in [5.41, 5.74) is 0. The quantitative estimate of drug-likeness (QED) is 0.807. The number of halogens is 1. The summed E-state index contributed by atoms with van der Waals surface area (Å²) in [6, 6.07) is -0.464. The normalized spacial score (nSPS) is 18.4. The molecule has 0 aromatic carbocycles. The smallest absolute Gasteiger partial charge is 0.245 e. The predicted octanol–water partition coefficient (Wildman–Crippen LogP) is 0.298. The molecular weight excluding hydrogens is 296 g/mol. The van der Waals surface area contributed by atoms with Crippen LogP contribution in [-0.4, -0.2) is 60.3 Å². The Morgan fingerprint density at radius 3 is 3.00 bits per heavy atom. The van der Waals surface area contributed by atoms with Crippen molar-refractivity contribution < 1.29 is 9.53 Å². The minimum atomic E-state index is -0.464. The molecule has 1 aliphatic rings. The highest BCUT2D eigenvalue weighted by atomic mass is 35.5. The molecule has 1 amide bonds. The summed E-state index contributed by atoms with van der Waals surface area (Å²) in [6.45, 7) is 3.96. The van der Waals surface area contributed by atoms with Crippen LogP contribution in [-0.2, 0) is 9.53 Å². The summed E-state index contributed by atoms with van der Waals surface area (Å²) in [6.07, 6.45) is 0.876. The van der Waals surface area contributed by atoms with Crippen molar-refractivity contribution in [2.45, 2.75) is 19.4 Å². The van der Waals surface area contributed by atoms with E-state index in [0.717, 1.165) is 6.42 Å². The third kappa shape index (κ3) is 3.92. The Hall–Kier alpha value is -1.67. The Morgan fingerprint density at radius 2 is 2.29 bits per heavy atom. The van der Waals surface area contributed by atoms with E-state index in [1.54, 1.807) is 11.9 Å². The zero-order valence-corrected chi connectivity index (χ0v) is 12.9. The highest BCUT2D eigenvalue weighted by Gasteiger charge is 2.31. The molecule has 2 rings (SSSR count). The van der Waals surface area contributed by atoms with Gasteiger partial charge in [0.05, 0.1) is 13.2 Å². The number of nitrogens with zero attached hydrogens (tertiary/aromatic N) is 4. The van der Waals surface area contributed by atoms with E-state index in [2.05, 4.69) is 25.6 Å². The topological polar surface area (TPSA) is 92.3 Å². The van der Waals surface area contributed by atoms with Gasteiger partial charge in [0.2, 0.25) is 23.1 Å². The van der Waals surface area contributed by atoms with Crippen LogP contribution >= 0.6 is 11.6 Å². The van der Waals surface area contributed by atoms with Crippen LogP contribution in [0.15, 0.2) is 0 Å². The average Bonchev–Trinajstić information content (AvgIpc) is 2.51. The third-order valence-electron chi connectivity index (χ3n) is 3.06. The fourth-order valence-electron chi connectivity index (χ4n) is 2.01. The number of carbonyl (C=O) groups is 1. The molecule has 0 saturated carbocycles. The molecule has 1 unspecified atom stereocenters. The summed E-state index contributed by atoms with van der Waals surface area (Å²) in [4.78, 5) is 26.3. The number of amides is 1. The molecule has 1 fully saturated rings. The highest BCUT2D eigenvalue weighted by molar-refractivity contribution is 6.28. The second-order valence-electron chi connectivity index (χ2n) is 4.55. The predicted molar refractivity (Wildman–Crippen MR) is 79.6 cm³/mol. The van der Waals surface area contributed by atoms with Gasteiger partial charge in [0.1, 0.15) is 6.04 Å². The number of morpholine rings is 1. The van der Waals surface area contributed by atoms with Crippen molar-refractivity contribution in [3.05, 3.63) is 5.28 Å². The van der Waals surface area contributed by atoms with Gasteiger partial charge in [0, 0.05) is 20.1 Å². The van der Waals surface area contributed by atoms with E-state index < -0.39 is 6.04 Å². The number of hydrogen-bond acceptors (Lipinski definition) is 7. The number of rotatable bonds is 5. The lowest BCUT2D eigenvalue weighted by molar-refractivity contribution is -0.124. The van der Waals surface area contributed by atoms with E-state index in [-0.39, 0.29) is 11.2 Å².